The van der Waals surface area contributed by atoms with Gasteiger partial charge in [-0.2, -0.15) is 0 Å². The van der Waals surface area contributed by atoms with Crippen LogP contribution in [0.4, 0.5) is 5.69 Å². The van der Waals surface area contributed by atoms with Crippen molar-refractivity contribution < 1.29 is 0 Å². The lowest BCUT2D eigenvalue weighted by atomic mass is 10.2. The number of hydrogen-bond acceptors (Lipinski definition) is 3. The quantitative estimate of drug-likeness (QED) is 0.863. The number of anilines is 1. The van der Waals surface area contributed by atoms with Crippen LogP contribution in [-0.2, 0) is 6.54 Å². The van der Waals surface area contributed by atoms with Gasteiger partial charge in [0.1, 0.15) is 0 Å². The Balaban J connectivity index is 2.13. The van der Waals surface area contributed by atoms with Gasteiger partial charge in [-0.25, -0.2) is 0 Å². The highest BCUT2D eigenvalue weighted by molar-refractivity contribution is 5.47. The van der Waals surface area contributed by atoms with Crippen molar-refractivity contribution in [1.82, 2.24) is 4.98 Å². The van der Waals surface area contributed by atoms with Crippen LogP contribution in [0.2, 0.25) is 0 Å². The molecular weight excluding hydrogens is 234 g/mol. The first-order chi connectivity index (χ1) is 9.29. The summed E-state index contributed by atoms with van der Waals surface area (Å²) in [4.78, 5) is 6.52. The fourth-order valence-corrected chi connectivity index (χ4v) is 2.05. The lowest BCUT2D eigenvalue weighted by Crippen LogP contribution is -2.25. The van der Waals surface area contributed by atoms with Crippen LogP contribution in [0.1, 0.15) is 17.5 Å². The predicted octanol–water partition coefficient (Wildman–Crippen LogP) is 2.75. The Hall–Kier alpha value is -1.87. The molecule has 0 amide bonds. The molecule has 0 saturated carbocycles. The number of aryl methyl sites for hydroxylation is 1. The molecule has 3 nitrogen and oxygen atoms in total. The maximum atomic E-state index is 5.63. The van der Waals surface area contributed by atoms with Gasteiger partial charge in [-0.1, -0.05) is 23.8 Å². The number of rotatable bonds is 6. The average Bonchev–Trinajstić information content (AvgIpc) is 2.45. The Morgan fingerprint density at radius 1 is 1.16 bits per heavy atom. The molecule has 1 aromatic heterocycles. The minimum absolute atomic E-state index is 0.718. The Bertz CT molecular complexity index is 479. The molecule has 0 radical (unpaired) electrons. The van der Waals surface area contributed by atoms with Gasteiger partial charge >= 0.3 is 0 Å². The fraction of sp³-hybridized carbons (Fsp3) is 0.312. The molecule has 0 atom stereocenters. The predicted molar refractivity (Wildman–Crippen MR) is 80.1 cm³/mol. The van der Waals surface area contributed by atoms with Crippen molar-refractivity contribution in [3.63, 3.8) is 0 Å². The van der Waals surface area contributed by atoms with Crippen LogP contribution >= 0.6 is 0 Å². The summed E-state index contributed by atoms with van der Waals surface area (Å²) in [5.41, 5.74) is 9.38. The zero-order chi connectivity index (χ0) is 13.5. The molecule has 2 aromatic rings. The van der Waals surface area contributed by atoms with Gasteiger partial charge in [0.15, 0.2) is 0 Å². The third kappa shape index (κ3) is 4.07. The van der Waals surface area contributed by atoms with Crippen molar-refractivity contribution >= 4 is 5.69 Å². The molecule has 0 bridgehead atoms. The van der Waals surface area contributed by atoms with Gasteiger partial charge in [-0.15, -0.1) is 0 Å². The lowest BCUT2D eigenvalue weighted by molar-refractivity contribution is 0.734. The molecule has 100 valence electrons. The van der Waals surface area contributed by atoms with E-state index in [1.807, 2.05) is 12.3 Å². The average molecular weight is 255 g/mol. The van der Waals surface area contributed by atoms with E-state index in [1.54, 1.807) is 6.20 Å². The SMILES string of the molecule is Cc1ccc(N(CCCN)Cc2cccnc2)cc1. The monoisotopic (exact) mass is 255 g/mol. The molecular formula is C16H21N3. The maximum Gasteiger partial charge on any atom is 0.0444 e. The van der Waals surface area contributed by atoms with Gasteiger partial charge < -0.3 is 10.6 Å². The number of nitrogens with two attached hydrogens (primary N) is 1. The van der Waals surface area contributed by atoms with E-state index >= 15 is 0 Å². The second-order valence-corrected chi connectivity index (χ2v) is 4.76. The second kappa shape index (κ2) is 6.90. The molecule has 0 aliphatic carbocycles. The Morgan fingerprint density at radius 3 is 2.58 bits per heavy atom. The molecule has 1 heterocycles. The van der Waals surface area contributed by atoms with Crippen LogP contribution in [0.3, 0.4) is 0 Å². The molecule has 0 saturated heterocycles. The molecule has 1 aromatic carbocycles. The van der Waals surface area contributed by atoms with E-state index in [-0.39, 0.29) is 0 Å². The smallest absolute Gasteiger partial charge is 0.0444 e. The summed E-state index contributed by atoms with van der Waals surface area (Å²) in [6, 6.07) is 12.7. The summed E-state index contributed by atoms with van der Waals surface area (Å²) in [6.45, 7) is 4.66. The first-order valence-corrected chi connectivity index (χ1v) is 6.70. The topological polar surface area (TPSA) is 42.1 Å². The summed E-state index contributed by atoms with van der Waals surface area (Å²) < 4.78 is 0. The van der Waals surface area contributed by atoms with Crippen molar-refractivity contribution in [2.75, 3.05) is 18.0 Å². The Labute approximate surface area is 115 Å². The summed E-state index contributed by atoms with van der Waals surface area (Å²) in [5.74, 6) is 0. The van der Waals surface area contributed by atoms with Crippen molar-refractivity contribution in [1.29, 1.82) is 0 Å². The molecule has 19 heavy (non-hydrogen) atoms. The van der Waals surface area contributed by atoms with E-state index in [0.29, 0.717) is 0 Å². The van der Waals surface area contributed by atoms with Gasteiger partial charge in [0.25, 0.3) is 0 Å². The highest BCUT2D eigenvalue weighted by atomic mass is 15.1. The second-order valence-electron chi connectivity index (χ2n) is 4.76. The zero-order valence-electron chi connectivity index (χ0n) is 11.4. The zero-order valence-corrected chi connectivity index (χ0v) is 11.4. The van der Waals surface area contributed by atoms with Crippen molar-refractivity contribution in [2.24, 2.45) is 5.73 Å². The largest absolute Gasteiger partial charge is 0.367 e. The first-order valence-electron chi connectivity index (χ1n) is 6.70. The molecule has 0 spiro atoms. The number of pyridine rings is 1. The van der Waals surface area contributed by atoms with Crippen LogP contribution in [0, 0.1) is 6.92 Å². The summed E-state index contributed by atoms with van der Waals surface area (Å²) >= 11 is 0. The fourth-order valence-electron chi connectivity index (χ4n) is 2.05. The summed E-state index contributed by atoms with van der Waals surface area (Å²) in [5, 5.41) is 0. The normalized spacial score (nSPS) is 10.4. The summed E-state index contributed by atoms with van der Waals surface area (Å²) in [7, 11) is 0. The van der Waals surface area contributed by atoms with E-state index < -0.39 is 0 Å². The van der Waals surface area contributed by atoms with Gasteiger partial charge in [0, 0.05) is 31.2 Å². The van der Waals surface area contributed by atoms with Crippen molar-refractivity contribution in [3.8, 4) is 0 Å². The molecule has 0 unspecified atom stereocenters. The Morgan fingerprint density at radius 2 is 1.95 bits per heavy atom. The minimum Gasteiger partial charge on any atom is -0.367 e. The molecule has 3 heteroatoms. The van der Waals surface area contributed by atoms with Crippen LogP contribution in [-0.4, -0.2) is 18.1 Å². The molecule has 0 aliphatic heterocycles. The van der Waals surface area contributed by atoms with E-state index in [1.165, 1.54) is 16.8 Å². The molecule has 0 aliphatic rings. The first kappa shape index (κ1) is 13.6. The molecule has 2 N–H and O–H groups in total. The minimum atomic E-state index is 0.718. The van der Waals surface area contributed by atoms with E-state index in [0.717, 1.165) is 26.1 Å². The van der Waals surface area contributed by atoms with Gasteiger partial charge in [0.05, 0.1) is 0 Å². The summed E-state index contributed by atoms with van der Waals surface area (Å²) in [6.07, 6.45) is 4.72. The third-order valence-electron chi connectivity index (χ3n) is 3.13. The molecule has 2 rings (SSSR count). The van der Waals surface area contributed by atoms with Crippen LogP contribution in [0.15, 0.2) is 48.8 Å². The van der Waals surface area contributed by atoms with Gasteiger partial charge in [0.2, 0.25) is 0 Å². The van der Waals surface area contributed by atoms with Gasteiger partial charge in [-0.3, -0.25) is 4.98 Å². The van der Waals surface area contributed by atoms with E-state index in [9.17, 15) is 0 Å². The van der Waals surface area contributed by atoms with Crippen LogP contribution in [0.5, 0.6) is 0 Å². The van der Waals surface area contributed by atoms with Crippen LogP contribution in [0.25, 0.3) is 0 Å². The number of benzene rings is 1. The van der Waals surface area contributed by atoms with Gasteiger partial charge in [-0.05, 0) is 43.7 Å². The Kier molecular flexibility index (Phi) is 4.93. The van der Waals surface area contributed by atoms with E-state index in [2.05, 4.69) is 47.1 Å². The van der Waals surface area contributed by atoms with E-state index in [4.69, 9.17) is 5.73 Å². The number of aromatic nitrogens is 1. The number of hydrogen-bond donors (Lipinski definition) is 1. The van der Waals surface area contributed by atoms with Crippen molar-refractivity contribution in [3.05, 3.63) is 59.9 Å². The highest BCUT2D eigenvalue weighted by Crippen LogP contribution is 2.18. The van der Waals surface area contributed by atoms with Crippen molar-refractivity contribution in [2.45, 2.75) is 19.9 Å². The molecule has 0 fully saturated rings. The maximum absolute atomic E-state index is 5.63. The lowest BCUT2D eigenvalue weighted by Gasteiger charge is -2.25. The van der Waals surface area contributed by atoms with Crippen LogP contribution < -0.4 is 10.6 Å². The third-order valence-corrected chi connectivity index (χ3v) is 3.13. The number of nitrogens with zero attached hydrogens (tertiary/aromatic N) is 2. The highest BCUT2D eigenvalue weighted by Gasteiger charge is 2.06. The standard InChI is InChI=1S/C16H21N3/c1-14-5-7-16(8-6-14)19(11-3-9-17)13-15-4-2-10-18-12-15/h2,4-8,10,12H,3,9,11,13,17H2,1H3.